The molecule has 0 bridgehead atoms. The van der Waals surface area contributed by atoms with E-state index >= 15 is 0 Å². The number of carbonyl (C=O) groups is 1. The molecule has 0 aliphatic heterocycles. The maximum Gasteiger partial charge on any atom is 0.142 e. The maximum atomic E-state index is 11.8. The monoisotopic (exact) mass is 211 g/mol. The Balaban J connectivity index is 2.56. The van der Waals surface area contributed by atoms with E-state index < -0.39 is 0 Å². The summed E-state index contributed by atoms with van der Waals surface area (Å²) in [7, 11) is 0. The first-order chi connectivity index (χ1) is 6.65. The lowest BCUT2D eigenvalue weighted by Gasteiger charge is -2.16. The van der Waals surface area contributed by atoms with Crippen LogP contribution in [0.15, 0.2) is 17.5 Å². The van der Waals surface area contributed by atoms with E-state index in [4.69, 9.17) is 5.73 Å². The SMILES string of the molecule is CC(C)C(CN)C(=O)Cc1cccs1. The van der Waals surface area contributed by atoms with Crippen LogP contribution in [0.25, 0.3) is 0 Å². The molecule has 3 heteroatoms. The molecule has 14 heavy (non-hydrogen) atoms. The highest BCUT2D eigenvalue weighted by atomic mass is 32.1. The van der Waals surface area contributed by atoms with E-state index in [0.717, 1.165) is 4.88 Å². The van der Waals surface area contributed by atoms with Gasteiger partial charge in [0.25, 0.3) is 0 Å². The molecule has 0 aliphatic rings. The van der Waals surface area contributed by atoms with E-state index in [-0.39, 0.29) is 11.7 Å². The predicted octanol–water partition coefficient (Wildman–Crippen LogP) is 2.09. The molecule has 2 nitrogen and oxygen atoms in total. The average molecular weight is 211 g/mol. The molecule has 0 aliphatic carbocycles. The molecule has 0 aromatic carbocycles. The molecular weight excluding hydrogens is 194 g/mol. The summed E-state index contributed by atoms with van der Waals surface area (Å²) in [5.74, 6) is 0.620. The third kappa shape index (κ3) is 2.93. The van der Waals surface area contributed by atoms with Crippen LogP contribution in [0.1, 0.15) is 18.7 Å². The van der Waals surface area contributed by atoms with Crippen molar-refractivity contribution in [3.05, 3.63) is 22.4 Å². The lowest BCUT2D eigenvalue weighted by molar-refractivity contribution is -0.123. The van der Waals surface area contributed by atoms with Crippen LogP contribution in [0.4, 0.5) is 0 Å². The van der Waals surface area contributed by atoms with Crippen molar-refractivity contribution >= 4 is 17.1 Å². The Hall–Kier alpha value is -0.670. The number of Topliss-reactive ketones (excluding diaryl/α,β-unsaturated/α-hetero) is 1. The summed E-state index contributed by atoms with van der Waals surface area (Å²) < 4.78 is 0. The Bertz CT molecular complexity index is 279. The van der Waals surface area contributed by atoms with Gasteiger partial charge in [-0.2, -0.15) is 0 Å². The fraction of sp³-hybridized carbons (Fsp3) is 0.545. The summed E-state index contributed by atoms with van der Waals surface area (Å²) in [4.78, 5) is 12.9. The Labute approximate surface area is 89.1 Å². The lowest BCUT2D eigenvalue weighted by atomic mass is 9.90. The van der Waals surface area contributed by atoms with Gasteiger partial charge in [0.15, 0.2) is 0 Å². The molecular formula is C11H17NOS. The van der Waals surface area contributed by atoms with Crippen LogP contribution in [0.3, 0.4) is 0 Å². The Morgan fingerprint density at radius 1 is 1.57 bits per heavy atom. The summed E-state index contributed by atoms with van der Waals surface area (Å²) in [6.45, 7) is 4.55. The van der Waals surface area contributed by atoms with E-state index in [2.05, 4.69) is 0 Å². The number of carbonyl (C=O) groups excluding carboxylic acids is 1. The minimum Gasteiger partial charge on any atom is -0.330 e. The molecule has 1 unspecified atom stereocenters. The Morgan fingerprint density at radius 3 is 2.71 bits per heavy atom. The highest BCUT2D eigenvalue weighted by Gasteiger charge is 2.20. The van der Waals surface area contributed by atoms with Gasteiger partial charge in [-0.25, -0.2) is 0 Å². The molecule has 0 saturated heterocycles. The van der Waals surface area contributed by atoms with Crippen LogP contribution in [-0.4, -0.2) is 12.3 Å². The standard InChI is InChI=1S/C11H17NOS/c1-8(2)10(7-12)11(13)6-9-4-3-5-14-9/h3-5,8,10H,6-7,12H2,1-2H3. The molecule has 78 valence electrons. The molecule has 2 N–H and O–H groups in total. The van der Waals surface area contributed by atoms with Crippen LogP contribution in [0.5, 0.6) is 0 Å². The minimum atomic E-state index is 0.0112. The van der Waals surface area contributed by atoms with Crippen molar-refractivity contribution in [3.63, 3.8) is 0 Å². The van der Waals surface area contributed by atoms with Gasteiger partial charge in [0.1, 0.15) is 5.78 Å². The molecule has 1 heterocycles. The van der Waals surface area contributed by atoms with Crippen molar-refractivity contribution in [1.82, 2.24) is 0 Å². The second-order valence-electron chi connectivity index (χ2n) is 3.81. The number of hydrogen-bond acceptors (Lipinski definition) is 3. The van der Waals surface area contributed by atoms with Crippen molar-refractivity contribution < 1.29 is 4.79 Å². The van der Waals surface area contributed by atoms with Crippen LogP contribution in [-0.2, 0) is 11.2 Å². The van der Waals surface area contributed by atoms with Gasteiger partial charge < -0.3 is 5.73 Å². The van der Waals surface area contributed by atoms with Crippen LogP contribution >= 0.6 is 11.3 Å². The summed E-state index contributed by atoms with van der Waals surface area (Å²) in [6, 6.07) is 3.97. The zero-order valence-corrected chi connectivity index (χ0v) is 9.51. The molecule has 0 spiro atoms. The highest BCUT2D eigenvalue weighted by molar-refractivity contribution is 7.10. The van der Waals surface area contributed by atoms with Gasteiger partial charge >= 0.3 is 0 Å². The smallest absolute Gasteiger partial charge is 0.142 e. The van der Waals surface area contributed by atoms with Gasteiger partial charge in [0, 0.05) is 23.8 Å². The summed E-state index contributed by atoms with van der Waals surface area (Å²) in [5.41, 5.74) is 5.59. The number of nitrogens with two attached hydrogens (primary N) is 1. The molecule has 1 aromatic rings. The summed E-state index contributed by atoms with van der Waals surface area (Å²) in [6.07, 6.45) is 0.539. The van der Waals surface area contributed by atoms with Crippen molar-refractivity contribution in [1.29, 1.82) is 0 Å². The zero-order valence-electron chi connectivity index (χ0n) is 8.69. The predicted molar refractivity (Wildman–Crippen MR) is 60.4 cm³/mol. The summed E-state index contributed by atoms with van der Waals surface area (Å²) in [5, 5.41) is 2.00. The number of ketones is 1. The average Bonchev–Trinajstić information content (AvgIpc) is 2.57. The van der Waals surface area contributed by atoms with Gasteiger partial charge in [-0.3, -0.25) is 4.79 Å². The van der Waals surface area contributed by atoms with Crippen molar-refractivity contribution in [3.8, 4) is 0 Å². The molecule has 1 aromatic heterocycles. The van der Waals surface area contributed by atoms with Gasteiger partial charge in [0.05, 0.1) is 0 Å². The second kappa shape index (κ2) is 5.27. The maximum absolute atomic E-state index is 11.8. The minimum absolute atomic E-state index is 0.0112. The second-order valence-corrected chi connectivity index (χ2v) is 4.84. The number of thiophene rings is 1. The van der Waals surface area contributed by atoms with Crippen LogP contribution in [0.2, 0.25) is 0 Å². The molecule has 0 saturated carbocycles. The van der Waals surface area contributed by atoms with Crippen molar-refractivity contribution in [2.45, 2.75) is 20.3 Å². The van der Waals surface area contributed by atoms with Crippen LogP contribution in [0, 0.1) is 11.8 Å². The normalized spacial score (nSPS) is 13.1. The first-order valence-electron chi connectivity index (χ1n) is 4.90. The largest absolute Gasteiger partial charge is 0.330 e. The third-order valence-electron chi connectivity index (χ3n) is 2.40. The molecule has 0 fully saturated rings. The molecule has 1 atom stereocenters. The Morgan fingerprint density at radius 2 is 2.29 bits per heavy atom. The van der Waals surface area contributed by atoms with E-state index in [9.17, 15) is 4.79 Å². The van der Waals surface area contributed by atoms with E-state index in [1.54, 1.807) is 11.3 Å². The number of rotatable bonds is 5. The first kappa shape index (κ1) is 11.4. The van der Waals surface area contributed by atoms with E-state index in [1.165, 1.54) is 0 Å². The van der Waals surface area contributed by atoms with Gasteiger partial charge in [-0.05, 0) is 17.4 Å². The quantitative estimate of drug-likeness (QED) is 0.810. The summed E-state index contributed by atoms with van der Waals surface area (Å²) >= 11 is 1.63. The lowest BCUT2D eigenvalue weighted by Crippen LogP contribution is -2.29. The fourth-order valence-electron chi connectivity index (χ4n) is 1.49. The molecule has 1 rings (SSSR count). The van der Waals surface area contributed by atoms with Crippen molar-refractivity contribution in [2.75, 3.05) is 6.54 Å². The van der Waals surface area contributed by atoms with Gasteiger partial charge in [-0.15, -0.1) is 11.3 Å². The van der Waals surface area contributed by atoms with Crippen molar-refractivity contribution in [2.24, 2.45) is 17.6 Å². The third-order valence-corrected chi connectivity index (χ3v) is 3.28. The molecule has 0 amide bonds. The highest BCUT2D eigenvalue weighted by Crippen LogP contribution is 2.16. The molecule has 0 radical (unpaired) electrons. The van der Waals surface area contributed by atoms with Crippen LogP contribution < -0.4 is 5.73 Å². The van der Waals surface area contributed by atoms with Gasteiger partial charge in [0.2, 0.25) is 0 Å². The Kier molecular flexibility index (Phi) is 4.29. The zero-order chi connectivity index (χ0) is 10.6. The topological polar surface area (TPSA) is 43.1 Å². The number of hydrogen-bond donors (Lipinski definition) is 1. The first-order valence-corrected chi connectivity index (χ1v) is 5.78. The van der Waals surface area contributed by atoms with Gasteiger partial charge in [-0.1, -0.05) is 19.9 Å². The van der Waals surface area contributed by atoms with E-state index in [0.29, 0.717) is 18.9 Å². The van der Waals surface area contributed by atoms with E-state index in [1.807, 2.05) is 31.4 Å². The fourth-order valence-corrected chi connectivity index (χ4v) is 2.21.